The lowest BCUT2D eigenvalue weighted by Crippen LogP contribution is -2.37. The van der Waals surface area contributed by atoms with E-state index in [1.165, 1.54) is 0 Å². The predicted octanol–water partition coefficient (Wildman–Crippen LogP) is 1.56. The average molecular weight is 262 g/mol. The molecule has 5 nitrogen and oxygen atoms in total. The van der Waals surface area contributed by atoms with Crippen LogP contribution in [0.25, 0.3) is 0 Å². The zero-order valence-electron chi connectivity index (χ0n) is 10.7. The van der Waals surface area contributed by atoms with E-state index < -0.39 is 12.0 Å². The standard InChI is InChI=1S/C14H18N2O3/c17-13(15-11-5-2-1-3-6-11)8-10-16-9-4-7-12(16)14(18)19/h1-3,5-6,12H,4,7-10H2,(H,15,17)(H,18,19)/t12-/m0/s1. The molecule has 0 saturated carbocycles. The van der Waals surface area contributed by atoms with Gasteiger partial charge in [-0.1, -0.05) is 18.2 Å². The van der Waals surface area contributed by atoms with E-state index in [2.05, 4.69) is 5.32 Å². The van der Waals surface area contributed by atoms with E-state index in [9.17, 15) is 9.59 Å². The summed E-state index contributed by atoms with van der Waals surface area (Å²) in [5, 5.41) is 11.8. The van der Waals surface area contributed by atoms with E-state index in [1.807, 2.05) is 35.2 Å². The molecule has 2 N–H and O–H groups in total. The Labute approximate surface area is 112 Å². The number of nitrogens with zero attached hydrogens (tertiary/aromatic N) is 1. The zero-order chi connectivity index (χ0) is 13.7. The number of anilines is 1. The van der Waals surface area contributed by atoms with Crippen LogP contribution in [0.3, 0.4) is 0 Å². The maximum absolute atomic E-state index is 11.8. The van der Waals surface area contributed by atoms with Crippen LogP contribution in [0.2, 0.25) is 0 Å². The molecule has 5 heteroatoms. The molecule has 1 aromatic rings. The highest BCUT2D eigenvalue weighted by atomic mass is 16.4. The molecule has 0 unspecified atom stereocenters. The summed E-state index contributed by atoms with van der Waals surface area (Å²) in [5.74, 6) is -0.872. The van der Waals surface area contributed by atoms with Crippen molar-refractivity contribution in [2.45, 2.75) is 25.3 Å². The van der Waals surface area contributed by atoms with Gasteiger partial charge >= 0.3 is 5.97 Å². The molecule has 0 aliphatic carbocycles. The minimum absolute atomic E-state index is 0.0813. The summed E-state index contributed by atoms with van der Waals surface area (Å²) in [4.78, 5) is 24.6. The number of amides is 1. The molecule has 102 valence electrons. The van der Waals surface area contributed by atoms with E-state index >= 15 is 0 Å². The summed E-state index contributed by atoms with van der Waals surface area (Å²) in [5.41, 5.74) is 0.767. The van der Waals surface area contributed by atoms with Crippen molar-refractivity contribution in [3.05, 3.63) is 30.3 Å². The van der Waals surface area contributed by atoms with E-state index in [-0.39, 0.29) is 5.91 Å². The number of benzene rings is 1. The van der Waals surface area contributed by atoms with Crippen molar-refractivity contribution in [3.63, 3.8) is 0 Å². The molecule has 0 spiro atoms. The van der Waals surface area contributed by atoms with Crippen molar-refractivity contribution in [2.75, 3.05) is 18.4 Å². The highest BCUT2D eigenvalue weighted by molar-refractivity contribution is 5.90. The normalized spacial score (nSPS) is 19.3. The number of hydrogen-bond acceptors (Lipinski definition) is 3. The van der Waals surface area contributed by atoms with Crippen LogP contribution >= 0.6 is 0 Å². The van der Waals surface area contributed by atoms with Crippen LogP contribution in [0.5, 0.6) is 0 Å². The van der Waals surface area contributed by atoms with Crippen LogP contribution in [0.1, 0.15) is 19.3 Å². The number of para-hydroxylation sites is 1. The molecule has 1 amide bonds. The number of carboxylic acid groups (broad SMARTS) is 1. The van der Waals surface area contributed by atoms with Gasteiger partial charge in [-0.3, -0.25) is 14.5 Å². The first kappa shape index (κ1) is 13.5. The lowest BCUT2D eigenvalue weighted by Gasteiger charge is -2.20. The molecule has 2 rings (SSSR count). The number of hydrogen-bond donors (Lipinski definition) is 2. The number of carboxylic acids is 1. The van der Waals surface area contributed by atoms with Gasteiger partial charge in [-0.05, 0) is 31.5 Å². The summed E-state index contributed by atoms with van der Waals surface area (Å²) in [6.45, 7) is 1.26. The molecule has 19 heavy (non-hydrogen) atoms. The summed E-state index contributed by atoms with van der Waals surface area (Å²) in [6, 6.07) is 8.83. The van der Waals surface area contributed by atoms with Gasteiger partial charge in [0, 0.05) is 18.7 Å². The molecule has 1 heterocycles. The topological polar surface area (TPSA) is 69.6 Å². The molecule has 0 bridgehead atoms. The Hall–Kier alpha value is -1.88. The third-order valence-electron chi connectivity index (χ3n) is 3.33. The number of aliphatic carboxylic acids is 1. The van der Waals surface area contributed by atoms with Gasteiger partial charge in [-0.2, -0.15) is 0 Å². The molecule has 1 saturated heterocycles. The van der Waals surface area contributed by atoms with Crippen molar-refractivity contribution < 1.29 is 14.7 Å². The summed E-state index contributed by atoms with van der Waals surface area (Å²) in [7, 11) is 0. The van der Waals surface area contributed by atoms with Crippen LogP contribution in [0.15, 0.2) is 30.3 Å². The monoisotopic (exact) mass is 262 g/mol. The van der Waals surface area contributed by atoms with Crippen LogP contribution in [0.4, 0.5) is 5.69 Å². The number of carbonyl (C=O) groups excluding carboxylic acids is 1. The van der Waals surface area contributed by atoms with Crippen LogP contribution in [0, 0.1) is 0 Å². The molecular weight excluding hydrogens is 244 g/mol. The van der Waals surface area contributed by atoms with E-state index in [4.69, 9.17) is 5.11 Å². The summed E-state index contributed by atoms with van der Waals surface area (Å²) in [6.07, 6.45) is 1.88. The summed E-state index contributed by atoms with van der Waals surface area (Å²) >= 11 is 0. The Morgan fingerprint density at radius 3 is 2.74 bits per heavy atom. The van der Waals surface area contributed by atoms with Crippen molar-refractivity contribution in [1.82, 2.24) is 4.90 Å². The number of carbonyl (C=O) groups is 2. The quantitative estimate of drug-likeness (QED) is 0.845. The Bertz CT molecular complexity index is 447. The lowest BCUT2D eigenvalue weighted by molar-refractivity contribution is -0.142. The first-order chi connectivity index (χ1) is 9.16. The molecular formula is C14H18N2O3. The molecule has 1 atom stereocenters. The fourth-order valence-electron chi connectivity index (χ4n) is 2.36. The number of rotatable bonds is 5. The van der Waals surface area contributed by atoms with Crippen molar-refractivity contribution in [1.29, 1.82) is 0 Å². The van der Waals surface area contributed by atoms with Gasteiger partial charge in [-0.25, -0.2) is 0 Å². The van der Waals surface area contributed by atoms with Crippen molar-refractivity contribution in [2.24, 2.45) is 0 Å². The predicted molar refractivity (Wildman–Crippen MR) is 71.9 cm³/mol. The van der Waals surface area contributed by atoms with Gasteiger partial charge in [0.1, 0.15) is 6.04 Å². The first-order valence-corrected chi connectivity index (χ1v) is 6.48. The third-order valence-corrected chi connectivity index (χ3v) is 3.33. The minimum Gasteiger partial charge on any atom is -0.480 e. The zero-order valence-corrected chi connectivity index (χ0v) is 10.7. The van der Waals surface area contributed by atoms with Gasteiger partial charge in [0.2, 0.25) is 5.91 Å². The van der Waals surface area contributed by atoms with Gasteiger partial charge in [0.25, 0.3) is 0 Å². The number of likely N-dealkylation sites (tertiary alicyclic amines) is 1. The molecule has 1 fully saturated rings. The third kappa shape index (κ3) is 3.79. The second-order valence-corrected chi connectivity index (χ2v) is 4.70. The van der Waals surface area contributed by atoms with Crippen LogP contribution < -0.4 is 5.32 Å². The van der Waals surface area contributed by atoms with Crippen molar-refractivity contribution >= 4 is 17.6 Å². The first-order valence-electron chi connectivity index (χ1n) is 6.48. The molecule has 0 aromatic heterocycles. The minimum atomic E-state index is -0.791. The average Bonchev–Trinajstić information content (AvgIpc) is 2.86. The molecule has 0 radical (unpaired) electrons. The SMILES string of the molecule is O=C(CCN1CCC[C@H]1C(=O)O)Nc1ccccc1. The van der Waals surface area contributed by atoms with Gasteiger partial charge in [0.15, 0.2) is 0 Å². The smallest absolute Gasteiger partial charge is 0.320 e. The van der Waals surface area contributed by atoms with Gasteiger partial charge < -0.3 is 10.4 Å². The largest absolute Gasteiger partial charge is 0.480 e. The van der Waals surface area contributed by atoms with Gasteiger partial charge in [0.05, 0.1) is 0 Å². The highest BCUT2D eigenvalue weighted by Crippen LogP contribution is 2.17. The Kier molecular flexibility index (Phi) is 4.52. The number of nitrogens with one attached hydrogen (secondary N) is 1. The van der Waals surface area contributed by atoms with Crippen LogP contribution in [-0.4, -0.2) is 41.0 Å². The second-order valence-electron chi connectivity index (χ2n) is 4.70. The maximum Gasteiger partial charge on any atom is 0.320 e. The lowest BCUT2D eigenvalue weighted by atomic mass is 10.2. The second kappa shape index (κ2) is 6.33. The maximum atomic E-state index is 11.8. The Morgan fingerprint density at radius 2 is 2.05 bits per heavy atom. The highest BCUT2D eigenvalue weighted by Gasteiger charge is 2.30. The van der Waals surface area contributed by atoms with E-state index in [0.29, 0.717) is 19.4 Å². The van der Waals surface area contributed by atoms with Gasteiger partial charge in [-0.15, -0.1) is 0 Å². The molecule has 1 aliphatic heterocycles. The Balaban J connectivity index is 1.79. The summed E-state index contributed by atoms with van der Waals surface area (Å²) < 4.78 is 0. The van der Waals surface area contributed by atoms with E-state index in [1.54, 1.807) is 0 Å². The molecule has 1 aromatic carbocycles. The fraction of sp³-hybridized carbons (Fsp3) is 0.429. The van der Waals surface area contributed by atoms with Crippen molar-refractivity contribution in [3.8, 4) is 0 Å². The van der Waals surface area contributed by atoms with E-state index in [0.717, 1.165) is 18.7 Å². The van der Waals surface area contributed by atoms with Crippen LogP contribution in [-0.2, 0) is 9.59 Å². The molecule has 1 aliphatic rings. The Morgan fingerprint density at radius 1 is 1.32 bits per heavy atom. The fourth-order valence-corrected chi connectivity index (χ4v) is 2.36.